The molecule has 3 nitrogen and oxygen atoms in total. The normalized spacial score (nSPS) is 10.5. The zero-order valence-electron chi connectivity index (χ0n) is 11.1. The zero-order chi connectivity index (χ0) is 15.6. The van der Waals surface area contributed by atoms with E-state index >= 15 is 0 Å². The SMILES string of the molecule is COC(=O)c1ccc(F)c(-c2c(F)cc(SC)cc2F)n1. The van der Waals surface area contributed by atoms with Crippen LogP contribution in [0.1, 0.15) is 10.5 Å². The lowest BCUT2D eigenvalue weighted by Crippen LogP contribution is -2.07. The molecule has 0 aliphatic carbocycles. The third kappa shape index (κ3) is 3.02. The van der Waals surface area contributed by atoms with Crippen molar-refractivity contribution < 1.29 is 22.7 Å². The van der Waals surface area contributed by atoms with Crippen LogP contribution in [0.15, 0.2) is 29.2 Å². The number of nitrogens with zero attached hydrogens (tertiary/aromatic N) is 1. The molecule has 2 aromatic rings. The summed E-state index contributed by atoms with van der Waals surface area (Å²) in [6.45, 7) is 0. The molecular formula is C14H10F3NO2S. The molecule has 1 heterocycles. The lowest BCUT2D eigenvalue weighted by molar-refractivity contribution is 0.0594. The maximum atomic E-state index is 14.0. The molecule has 1 aromatic heterocycles. The molecular weight excluding hydrogens is 303 g/mol. The maximum Gasteiger partial charge on any atom is 0.356 e. The molecule has 0 amide bonds. The van der Waals surface area contributed by atoms with Crippen LogP contribution in [0, 0.1) is 17.5 Å². The van der Waals surface area contributed by atoms with Gasteiger partial charge in [-0.15, -0.1) is 11.8 Å². The van der Waals surface area contributed by atoms with Gasteiger partial charge >= 0.3 is 5.97 Å². The summed E-state index contributed by atoms with van der Waals surface area (Å²) in [5, 5.41) is 0. The van der Waals surface area contributed by atoms with Gasteiger partial charge in [0.15, 0.2) is 0 Å². The Kier molecular flexibility index (Phi) is 4.52. The number of benzene rings is 1. The predicted molar refractivity (Wildman–Crippen MR) is 72.7 cm³/mol. The predicted octanol–water partition coefficient (Wildman–Crippen LogP) is 3.67. The van der Waals surface area contributed by atoms with E-state index in [1.807, 2.05) is 0 Å². The monoisotopic (exact) mass is 313 g/mol. The van der Waals surface area contributed by atoms with Gasteiger partial charge in [-0.25, -0.2) is 22.9 Å². The Balaban J connectivity index is 2.64. The Morgan fingerprint density at radius 1 is 1.14 bits per heavy atom. The molecule has 0 fully saturated rings. The quantitative estimate of drug-likeness (QED) is 0.640. The van der Waals surface area contributed by atoms with Gasteiger partial charge in [-0.1, -0.05) is 0 Å². The van der Waals surface area contributed by atoms with Crippen LogP contribution in [0.4, 0.5) is 13.2 Å². The van der Waals surface area contributed by atoms with E-state index in [9.17, 15) is 18.0 Å². The molecule has 0 aliphatic heterocycles. The number of hydrogen-bond acceptors (Lipinski definition) is 4. The molecule has 0 saturated heterocycles. The molecule has 1 aromatic carbocycles. The lowest BCUT2D eigenvalue weighted by Gasteiger charge is -2.09. The minimum Gasteiger partial charge on any atom is -0.464 e. The molecule has 0 bridgehead atoms. The summed E-state index contributed by atoms with van der Waals surface area (Å²) in [5.41, 5.74) is -1.42. The number of rotatable bonds is 3. The number of aromatic nitrogens is 1. The Labute approximate surface area is 123 Å². The van der Waals surface area contributed by atoms with Crippen molar-refractivity contribution in [1.29, 1.82) is 0 Å². The fourth-order valence-electron chi connectivity index (χ4n) is 1.73. The third-order valence-corrected chi connectivity index (χ3v) is 3.44. The standard InChI is InChI=1S/C14H10F3NO2S/c1-20-14(19)11-4-3-8(15)13(18-11)12-9(16)5-7(21-2)6-10(12)17/h3-6H,1-2H3. The van der Waals surface area contributed by atoms with Gasteiger partial charge < -0.3 is 4.74 Å². The van der Waals surface area contributed by atoms with Gasteiger partial charge in [-0.2, -0.15) is 0 Å². The minimum absolute atomic E-state index is 0.235. The van der Waals surface area contributed by atoms with Crippen LogP contribution < -0.4 is 0 Å². The van der Waals surface area contributed by atoms with Crippen LogP contribution in [0.5, 0.6) is 0 Å². The average molecular weight is 313 g/mol. The minimum atomic E-state index is -0.951. The highest BCUT2D eigenvalue weighted by Crippen LogP contribution is 2.30. The first-order valence-electron chi connectivity index (χ1n) is 5.76. The number of methoxy groups -OCH3 is 1. The van der Waals surface area contributed by atoms with Crippen molar-refractivity contribution in [2.45, 2.75) is 4.90 Å². The first-order valence-corrected chi connectivity index (χ1v) is 6.98. The molecule has 2 rings (SSSR count). The molecule has 110 valence electrons. The smallest absolute Gasteiger partial charge is 0.356 e. The van der Waals surface area contributed by atoms with Gasteiger partial charge in [0.2, 0.25) is 0 Å². The Morgan fingerprint density at radius 2 is 1.76 bits per heavy atom. The van der Waals surface area contributed by atoms with Gasteiger partial charge in [-0.3, -0.25) is 0 Å². The summed E-state index contributed by atoms with van der Waals surface area (Å²) in [4.78, 5) is 15.4. The fraction of sp³-hybridized carbons (Fsp3) is 0.143. The molecule has 7 heteroatoms. The topological polar surface area (TPSA) is 39.2 Å². The van der Waals surface area contributed by atoms with Crippen molar-refractivity contribution in [2.75, 3.05) is 13.4 Å². The Bertz CT molecular complexity index is 684. The zero-order valence-corrected chi connectivity index (χ0v) is 11.9. The summed E-state index contributed by atoms with van der Waals surface area (Å²) in [6.07, 6.45) is 1.66. The Hall–Kier alpha value is -2.02. The summed E-state index contributed by atoms with van der Waals surface area (Å²) < 4.78 is 46.3. The van der Waals surface area contributed by atoms with Crippen molar-refractivity contribution >= 4 is 17.7 Å². The first kappa shape index (κ1) is 15.4. The lowest BCUT2D eigenvalue weighted by atomic mass is 10.1. The van der Waals surface area contributed by atoms with Crippen molar-refractivity contribution in [2.24, 2.45) is 0 Å². The van der Waals surface area contributed by atoms with Gasteiger partial charge in [0.1, 0.15) is 28.8 Å². The second kappa shape index (κ2) is 6.17. The molecule has 0 atom stereocenters. The van der Waals surface area contributed by atoms with E-state index < -0.39 is 34.7 Å². The van der Waals surface area contributed by atoms with Crippen LogP contribution in [0.2, 0.25) is 0 Å². The van der Waals surface area contributed by atoms with Crippen LogP contribution in [0.25, 0.3) is 11.3 Å². The van der Waals surface area contributed by atoms with E-state index in [1.54, 1.807) is 6.26 Å². The average Bonchev–Trinajstić information content (AvgIpc) is 2.47. The highest BCUT2D eigenvalue weighted by molar-refractivity contribution is 7.98. The van der Waals surface area contributed by atoms with E-state index in [0.717, 1.165) is 43.1 Å². The summed E-state index contributed by atoms with van der Waals surface area (Å²) in [6, 6.07) is 4.15. The summed E-state index contributed by atoms with van der Waals surface area (Å²) in [5.74, 6) is -3.66. The van der Waals surface area contributed by atoms with E-state index in [1.165, 1.54) is 0 Å². The summed E-state index contributed by atoms with van der Waals surface area (Å²) >= 11 is 1.15. The van der Waals surface area contributed by atoms with Crippen LogP contribution >= 0.6 is 11.8 Å². The Morgan fingerprint density at radius 3 is 2.29 bits per heavy atom. The number of thioether (sulfide) groups is 1. The second-order valence-corrected chi connectivity index (χ2v) is 4.86. The number of ether oxygens (including phenoxy) is 1. The number of carbonyl (C=O) groups is 1. The number of hydrogen-bond donors (Lipinski definition) is 0. The van der Waals surface area contributed by atoms with Crippen LogP contribution in [-0.2, 0) is 4.74 Å². The van der Waals surface area contributed by atoms with Gasteiger partial charge in [0.25, 0.3) is 0 Å². The number of esters is 1. The van der Waals surface area contributed by atoms with Crippen molar-refractivity contribution in [3.05, 3.63) is 47.4 Å². The molecule has 0 radical (unpaired) electrons. The third-order valence-electron chi connectivity index (χ3n) is 2.73. The van der Waals surface area contributed by atoms with Gasteiger partial charge in [0.05, 0.1) is 12.7 Å². The van der Waals surface area contributed by atoms with Gasteiger partial charge in [0, 0.05) is 4.90 Å². The number of carbonyl (C=O) groups excluding carboxylic acids is 1. The van der Waals surface area contributed by atoms with Crippen LogP contribution in [0.3, 0.4) is 0 Å². The molecule has 21 heavy (non-hydrogen) atoms. The van der Waals surface area contributed by atoms with Crippen molar-refractivity contribution in [3.8, 4) is 11.3 Å². The highest BCUT2D eigenvalue weighted by Gasteiger charge is 2.20. The van der Waals surface area contributed by atoms with E-state index in [-0.39, 0.29) is 5.69 Å². The van der Waals surface area contributed by atoms with E-state index in [4.69, 9.17) is 0 Å². The molecule has 0 spiro atoms. The molecule has 0 aliphatic rings. The second-order valence-electron chi connectivity index (χ2n) is 3.98. The van der Waals surface area contributed by atoms with Crippen molar-refractivity contribution in [3.63, 3.8) is 0 Å². The number of halogens is 3. The van der Waals surface area contributed by atoms with Gasteiger partial charge in [-0.05, 0) is 30.5 Å². The molecule has 0 N–H and O–H groups in total. The molecule has 0 unspecified atom stereocenters. The maximum absolute atomic E-state index is 14.0. The van der Waals surface area contributed by atoms with E-state index in [0.29, 0.717) is 4.90 Å². The fourth-order valence-corrected chi connectivity index (χ4v) is 2.17. The highest BCUT2D eigenvalue weighted by atomic mass is 32.2. The van der Waals surface area contributed by atoms with Crippen molar-refractivity contribution in [1.82, 2.24) is 4.98 Å². The first-order chi connectivity index (χ1) is 9.97. The largest absolute Gasteiger partial charge is 0.464 e. The summed E-state index contributed by atoms with van der Waals surface area (Å²) in [7, 11) is 1.13. The molecule has 0 saturated carbocycles. The number of pyridine rings is 1. The van der Waals surface area contributed by atoms with Crippen LogP contribution in [-0.4, -0.2) is 24.3 Å². The van der Waals surface area contributed by atoms with E-state index in [2.05, 4.69) is 9.72 Å².